The molecule has 0 unspecified atom stereocenters. The Morgan fingerprint density at radius 2 is 0.535 bits per heavy atom. The van der Waals surface area contributed by atoms with Gasteiger partial charge in [0.1, 0.15) is 34.0 Å². The van der Waals surface area contributed by atoms with Crippen molar-refractivity contribution in [2.24, 2.45) is 28.2 Å². The highest BCUT2D eigenvalue weighted by Crippen LogP contribution is 2.39. The van der Waals surface area contributed by atoms with E-state index in [0.29, 0.717) is 29.2 Å². The van der Waals surface area contributed by atoms with Gasteiger partial charge in [0.25, 0.3) is 0 Å². The van der Waals surface area contributed by atoms with Crippen LogP contribution in [-0.4, -0.2) is 19.9 Å². The molecule has 0 saturated carbocycles. The number of benzene rings is 8. The summed E-state index contributed by atoms with van der Waals surface area (Å²) in [5, 5.41) is 4.69. The first-order chi connectivity index (χ1) is 54.6. The van der Waals surface area contributed by atoms with Crippen LogP contribution in [0.2, 0.25) is 0 Å². The standard InChI is InChI=1S/C27H29N2.C26H26FN2.2C26H27N2/c1-17(2)25-13-12-23-26(28-25)15-19(4)29(6)27(23)24-16-22(14-18(3)20(24)5)21-10-8-7-9-11-21;1-16(2)24-12-11-20-25(28-24)14-18(4)29(5)26(20)21-15-22(23(27)13-17(21)3)19-9-7-6-8-10-19;1-17(2)24-14-13-23-25(27-24)16-19(4)28(5)26(23)22-12-11-21(15-18(22)3)20-9-7-6-8-10-20;1-17(2)24-14-13-22-25(27-24)15-19(4)28(5)26(22)23-16-21(12-11-18(23)3)20-9-7-6-8-10-20/h7-17H,1-6H3;6-16H,1-5H3;2*6-17H,1-5H3/q4*+1. The van der Waals surface area contributed by atoms with E-state index in [1.165, 1.54) is 123 Å². The van der Waals surface area contributed by atoms with Crippen LogP contribution in [0.25, 0.3) is 133 Å². The molecule has 0 saturated heterocycles. The molecule has 16 aromatic rings. The maximum atomic E-state index is 14.8. The lowest BCUT2D eigenvalue weighted by molar-refractivity contribution is -0.665. The molecule has 0 N–H and O–H groups in total. The van der Waals surface area contributed by atoms with E-state index in [0.717, 1.165) is 78.3 Å². The smallest absolute Gasteiger partial charge is 0.222 e. The van der Waals surface area contributed by atoms with E-state index >= 15 is 0 Å². The van der Waals surface area contributed by atoms with Crippen LogP contribution in [0.5, 0.6) is 0 Å². The summed E-state index contributed by atoms with van der Waals surface area (Å²) in [5.74, 6) is 1.44. The lowest BCUT2D eigenvalue weighted by Crippen LogP contribution is -2.35. The van der Waals surface area contributed by atoms with Gasteiger partial charge in [-0.3, -0.25) is 19.9 Å². The minimum atomic E-state index is -0.197. The van der Waals surface area contributed by atoms with Crippen LogP contribution in [0, 0.1) is 68.1 Å². The van der Waals surface area contributed by atoms with Gasteiger partial charge in [-0.25, -0.2) is 4.39 Å². The number of fused-ring (bicyclic) bond motifs is 4. The monoisotopic (exact) mass is 1500 g/mol. The maximum absolute atomic E-state index is 14.8. The summed E-state index contributed by atoms with van der Waals surface area (Å²) >= 11 is 0. The predicted molar refractivity (Wildman–Crippen MR) is 474 cm³/mol. The third-order valence-electron chi connectivity index (χ3n) is 22.9. The molecule has 0 fully saturated rings. The zero-order valence-corrected chi connectivity index (χ0v) is 70.5. The van der Waals surface area contributed by atoms with Crippen LogP contribution >= 0.6 is 0 Å². The third-order valence-corrected chi connectivity index (χ3v) is 22.9. The molecule has 8 aromatic heterocycles. The van der Waals surface area contributed by atoms with E-state index in [9.17, 15) is 4.39 Å². The highest BCUT2D eigenvalue weighted by molar-refractivity contribution is 5.96. The average molecular weight is 1500 g/mol. The Balaban J connectivity index is 0.000000133. The predicted octanol–water partition coefficient (Wildman–Crippen LogP) is 25.0. The van der Waals surface area contributed by atoms with E-state index in [1.54, 1.807) is 6.07 Å². The Labute approximate surface area is 675 Å². The Morgan fingerprint density at radius 1 is 0.237 bits per heavy atom. The molecule has 8 heterocycles. The summed E-state index contributed by atoms with van der Waals surface area (Å²) in [5.41, 5.74) is 38.1. The topological polar surface area (TPSA) is 67.1 Å². The Hall–Kier alpha value is -12.1. The number of pyridine rings is 8. The number of hydrogen-bond donors (Lipinski definition) is 0. The van der Waals surface area contributed by atoms with E-state index in [-0.39, 0.29) is 5.82 Å². The van der Waals surface area contributed by atoms with Gasteiger partial charge in [0.05, 0.1) is 60.3 Å². The summed E-state index contributed by atoms with van der Waals surface area (Å²) in [7, 11) is 8.51. The molecule has 8 nitrogen and oxygen atoms in total. The third kappa shape index (κ3) is 16.7. The van der Waals surface area contributed by atoms with Crippen molar-refractivity contribution in [2.75, 3.05) is 0 Å². The summed E-state index contributed by atoms with van der Waals surface area (Å²) in [6.45, 7) is 36.8. The van der Waals surface area contributed by atoms with Crippen molar-refractivity contribution < 1.29 is 22.7 Å². The lowest BCUT2D eigenvalue weighted by atomic mass is 9.92. The average Bonchev–Trinajstić information content (AvgIpc) is 0.777. The minimum absolute atomic E-state index is 0.197. The fraction of sp³-hybridized carbons (Fsp3) is 0.238. The maximum Gasteiger partial charge on any atom is 0.222 e. The Morgan fingerprint density at radius 3 is 0.904 bits per heavy atom. The summed E-state index contributed by atoms with van der Waals surface area (Å²) in [6, 6.07) is 89.4. The fourth-order valence-corrected chi connectivity index (χ4v) is 15.5. The van der Waals surface area contributed by atoms with Gasteiger partial charge in [0, 0.05) is 85.9 Å². The van der Waals surface area contributed by atoms with E-state index in [4.69, 9.17) is 19.9 Å². The van der Waals surface area contributed by atoms with Crippen molar-refractivity contribution in [1.82, 2.24) is 19.9 Å². The molecule has 0 aliphatic carbocycles. The van der Waals surface area contributed by atoms with Crippen molar-refractivity contribution in [3.63, 3.8) is 0 Å². The van der Waals surface area contributed by atoms with Crippen molar-refractivity contribution in [1.29, 1.82) is 0 Å². The zero-order chi connectivity index (χ0) is 81.1. The van der Waals surface area contributed by atoms with Crippen molar-refractivity contribution in [3.8, 4) is 89.5 Å². The first-order valence-electron chi connectivity index (χ1n) is 40.2. The number of halogens is 1. The van der Waals surface area contributed by atoms with Crippen LogP contribution < -0.4 is 18.3 Å². The molecular weight excluding hydrogens is 1390 g/mol. The van der Waals surface area contributed by atoms with Crippen molar-refractivity contribution in [2.45, 2.75) is 141 Å². The molecule has 0 bridgehead atoms. The summed E-state index contributed by atoms with van der Waals surface area (Å²) < 4.78 is 23.9. The normalized spacial score (nSPS) is 11.4. The van der Waals surface area contributed by atoms with Gasteiger partial charge in [-0.1, -0.05) is 207 Å². The highest BCUT2D eigenvalue weighted by atomic mass is 19.1. The molecule has 16 rings (SSSR count). The Bertz CT molecular complexity index is 6260. The first-order valence-corrected chi connectivity index (χ1v) is 40.2. The molecule has 8 aromatic carbocycles. The van der Waals surface area contributed by atoms with E-state index in [2.05, 4.69) is 370 Å². The first kappa shape index (κ1) is 80.0. The van der Waals surface area contributed by atoms with Gasteiger partial charge in [0.15, 0.2) is 22.8 Å². The van der Waals surface area contributed by atoms with Gasteiger partial charge >= 0.3 is 0 Å². The van der Waals surface area contributed by atoms with E-state index < -0.39 is 0 Å². The van der Waals surface area contributed by atoms with Gasteiger partial charge in [-0.15, -0.1) is 0 Å². The second-order valence-corrected chi connectivity index (χ2v) is 32.2. The van der Waals surface area contributed by atoms with Crippen molar-refractivity contribution in [3.05, 3.63) is 334 Å². The van der Waals surface area contributed by atoms with Gasteiger partial charge in [0.2, 0.25) is 22.8 Å². The van der Waals surface area contributed by atoms with Crippen LogP contribution in [0.3, 0.4) is 0 Å². The number of nitrogens with zero attached hydrogens (tertiary/aromatic N) is 8. The quantitative estimate of drug-likeness (QED) is 0.114. The Kier molecular flexibility index (Phi) is 23.9. The molecule has 0 aliphatic rings. The number of aryl methyl sites for hydroxylation is 8. The van der Waals surface area contributed by atoms with Gasteiger partial charge in [-0.05, 0) is 204 Å². The molecule has 0 radical (unpaired) electrons. The van der Waals surface area contributed by atoms with E-state index in [1.807, 2.05) is 43.3 Å². The molecule has 0 amide bonds. The highest BCUT2D eigenvalue weighted by Gasteiger charge is 2.28. The molecule has 572 valence electrons. The molecule has 0 aliphatic heterocycles. The van der Waals surface area contributed by atoms with Crippen molar-refractivity contribution >= 4 is 43.6 Å². The summed E-state index contributed by atoms with van der Waals surface area (Å²) in [6.07, 6.45) is 0. The molecule has 114 heavy (non-hydrogen) atoms. The van der Waals surface area contributed by atoms with Crippen LogP contribution in [0.15, 0.2) is 255 Å². The zero-order valence-electron chi connectivity index (χ0n) is 70.5. The second-order valence-electron chi connectivity index (χ2n) is 32.2. The molecule has 0 atom stereocenters. The van der Waals surface area contributed by atoms with Crippen LogP contribution in [-0.2, 0) is 28.2 Å². The van der Waals surface area contributed by atoms with Crippen LogP contribution in [0.4, 0.5) is 4.39 Å². The minimum Gasteiger partial charge on any atom is -0.252 e. The fourth-order valence-electron chi connectivity index (χ4n) is 15.5. The lowest BCUT2D eigenvalue weighted by Gasteiger charge is -2.14. The van der Waals surface area contributed by atoms with Gasteiger partial charge in [-0.2, -0.15) is 18.3 Å². The number of aromatic nitrogens is 8. The molecule has 9 heteroatoms. The number of rotatable bonds is 12. The second kappa shape index (κ2) is 34.1. The molecule has 0 spiro atoms. The number of hydrogen-bond acceptors (Lipinski definition) is 4. The largest absolute Gasteiger partial charge is 0.252 e. The van der Waals surface area contributed by atoms with Crippen LogP contribution in [0.1, 0.15) is 152 Å². The molecular formula is C105H109FN8+4. The summed E-state index contributed by atoms with van der Waals surface area (Å²) in [4.78, 5) is 19.8. The SMILES string of the molecule is Cc1cc(-c2ccccc2)cc(-c2c3ccc(C(C)C)nc3cc(C)[n+]2C)c1C.Cc1cc(-c2ccccc2)ccc1-c1c2ccc(C(C)C)nc2cc(C)[n+]1C.Cc1cc(F)c(-c2ccccc2)cc1-c1c2ccc(C(C)C)nc2cc(C)[n+]1C.Cc1ccc(-c2ccccc2)cc1-c1c2ccc(C(C)C)nc2cc(C)[n+]1C. The van der Waals surface area contributed by atoms with Gasteiger partial charge < -0.3 is 0 Å².